The Balaban J connectivity index is 0.000000244. The summed E-state index contributed by atoms with van der Waals surface area (Å²) in [5.41, 5.74) is -4.62. The molecule has 0 N–H and O–H groups in total. The highest BCUT2D eigenvalue weighted by molar-refractivity contribution is 8.00. The van der Waals surface area contributed by atoms with Crippen molar-refractivity contribution in [1.29, 1.82) is 0 Å². The van der Waals surface area contributed by atoms with Gasteiger partial charge < -0.3 is 14.4 Å². The average molecular weight is 477 g/mol. The lowest BCUT2D eigenvalue weighted by atomic mass is 9.94. The fraction of sp³-hybridized carbons (Fsp3) is 0.696. The van der Waals surface area contributed by atoms with Crippen LogP contribution in [0.3, 0.4) is 0 Å². The molecule has 1 aromatic carbocycles. The smallest absolute Gasteiger partial charge is 0.446 e. The van der Waals surface area contributed by atoms with Crippen LogP contribution in [0, 0.1) is 0 Å². The topological polar surface area (TPSA) is 42.0 Å². The molecule has 0 unspecified atom stereocenters. The van der Waals surface area contributed by atoms with Gasteiger partial charge in [-0.15, -0.1) is 0 Å². The number of carbonyl (C=O) groups excluding carboxylic acids is 1. The number of amides is 1. The molecule has 2 fully saturated rings. The van der Waals surface area contributed by atoms with Gasteiger partial charge in [-0.05, 0) is 69.6 Å². The molecule has 9 heteroatoms. The zero-order valence-corrected chi connectivity index (χ0v) is 20.2. The van der Waals surface area contributed by atoms with Gasteiger partial charge in [0.05, 0.1) is 7.11 Å². The van der Waals surface area contributed by atoms with E-state index in [1.54, 1.807) is 0 Å². The Morgan fingerprint density at radius 1 is 0.969 bits per heavy atom. The number of hydrogen-bond donors (Lipinski definition) is 0. The van der Waals surface area contributed by atoms with Crippen molar-refractivity contribution in [2.45, 2.75) is 74.9 Å². The van der Waals surface area contributed by atoms with Crippen molar-refractivity contribution < 1.29 is 27.4 Å². The van der Waals surface area contributed by atoms with Gasteiger partial charge in [-0.1, -0.05) is 19.3 Å². The van der Waals surface area contributed by atoms with Gasteiger partial charge in [0.1, 0.15) is 11.4 Å². The van der Waals surface area contributed by atoms with Crippen LogP contribution >= 0.6 is 11.8 Å². The maximum atomic E-state index is 12.0. The first-order valence-corrected chi connectivity index (χ1v) is 11.9. The van der Waals surface area contributed by atoms with Crippen LogP contribution in [0.1, 0.15) is 52.9 Å². The van der Waals surface area contributed by atoms with E-state index < -0.39 is 11.1 Å². The van der Waals surface area contributed by atoms with E-state index in [-0.39, 0.29) is 22.8 Å². The molecule has 1 aliphatic heterocycles. The molecule has 3 rings (SSSR count). The maximum absolute atomic E-state index is 12.0. The molecule has 1 saturated heterocycles. The molecule has 1 heterocycles. The SMILES string of the molecule is CC(C)(C)OC(=O)N1CCN(C2CCCCC2)CC1.COc1ccc(SC(F)(F)F)cc1. The minimum absolute atomic E-state index is 0.136. The molecule has 182 valence electrons. The van der Waals surface area contributed by atoms with Crippen LogP contribution in [0.4, 0.5) is 18.0 Å². The van der Waals surface area contributed by atoms with Crippen LogP contribution in [-0.2, 0) is 4.74 Å². The van der Waals surface area contributed by atoms with Gasteiger partial charge in [0.25, 0.3) is 0 Å². The number of nitrogens with zero attached hydrogens (tertiary/aromatic N) is 2. The van der Waals surface area contributed by atoms with Crippen LogP contribution in [0.5, 0.6) is 5.75 Å². The molecular weight excluding hydrogens is 441 g/mol. The fourth-order valence-electron chi connectivity index (χ4n) is 3.82. The summed E-state index contributed by atoms with van der Waals surface area (Å²) in [5.74, 6) is 0.548. The predicted molar refractivity (Wildman–Crippen MR) is 121 cm³/mol. The predicted octanol–water partition coefficient (Wildman–Crippen LogP) is 6.18. The van der Waals surface area contributed by atoms with Crippen molar-refractivity contribution in [1.82, 2.24) is 9.80 Å². The second-order valence-electron chi connectivity index (χ2n) is 9.02. The first kappa shape index (κ1) is 26.6. The molecular formula is C23H35F3N2O3S. The quantitative estimate of drug-likeness (QED) is 0.488. The van der Waals surface area contributed by atoms with E-state index >= 15 is 0 Å². The Kier molecular flexibility index (Phi) is 10.0. The number of benzene rings is 1. The summed E-state index contributed by atoms with van der Waals surface area (Å²) in [7, 11) is 1.46. The van der Waals surface area contributed by atoms with E-state index in [4.69, 9.17) is 9.47 Å². The van der Waals surface area contributed by atoms with Crippen LogP contribution in [-0.4, -0.2) is 66.3 Å². The minimum Gasteiger partial charge on any atom is -0.497 e. The zero-order chi connectivity index (χ0) is 23.8. The molecule has 1 aromatic rings. The molecule has 5 nitrogen and oxygen atoms in total. The molecule has 0 aromatic heterocycles. The van der Waals surface area contributed by atoms with E-state index in [1.165, 1.54) is 63.5 Å². The number of thioether (sulfide) groups is 1. The first-order valence-electron chi connectivity index (χ1n) is 11.1. The summed E-state index contributed by atoms with van der Waals surface area (Å²) >= 11 is -0.136. The molecule has 0 atom stereocenters. The Morgan fingerprint density at radius 3 is 2.00 bits per heavy atom. The Morgan fingerprint density at radius 2 is 1.53 bits per heavy atom. The van der Waals surface area contributed by atoms with Gasteiger partial charge in [-0.25, -0.2) is 4.79 Å². The molecule has 2 aliphatic rings. The van der Waals surface area contributed by atoms with E-state index in [0.717, 1.165) is 32.2 Å². The van der Waals surface area contributed by atoms with Gasteiger partial charge >= 0.3 is 11.6 Å². The summed E-state index contributed by atoms with van der Waals surface area (Å²) in [6.45, 7) is 9.39. The molecule has 0 bridgehead atoms. The summed E-state index contributed by atoms with van der Waals surface area (Å²) in [6, 6.07) is 6.49. The van der Waals surface area contributed by atoms with Crippen LogP contribution in [0.2, 0.25) is 0 Å². The molecule has 1 saturated carbocycles. The largest absolute Gasteiger partial charge is 0.497 e. The van der Waals surface area contributed by atoms with Crippen molar-refractivity contribution in [2.24, 2.45) is 0 Å². The number of methoxy groups -OCH3 is 1. The second kappa shape index (κ2) is 12.0. The number of carbonyl (C=O) groups is 1. The van der Waals surface area contributed by atoms with Crippen molar-refractivity contribution in [3.63, 3.8) is 0 Å². The van der Waals surface area contributed by atoms with Gasteiger partial charge in [0.2, 0.25) is 0 Å². The normalized spacial score (nSPS) is 18.5. The van der Waals surface area contributed by atoms with Crippen LogP contribution in [0.25, 0.3) is 0 Å². The fourth-order valence-corrected chi connectivity index (χ4v) is 4.36. The monoisotopic (exact) mass is 476 g/mol. The maximum Gasteiger partial charge on any atom is 0.446 e. The number of ether oxygens (including phenoxy) is 2. The van der Waals surface area contributed by atoms with E-state index in [2.05, 4.69) is 4.90 Å². The van der Waals surface area contributed by atoms with E-state index in [9.17, 15) is 18.0 Å². The van der Waals surface area contributed by atoms with Crippen molar-refractivity contribution in [2.75, 3.05) is 33.3 Å². The third-order valence-electron chi connectivity index (χ3n) is 5.35. The van der Waals surface area contributed by atoms with Crippen molar-refractivity contribution >= 4 is 17.9 Å². The summed E-state index contributed by atoms with van der Waals surface area (Å²) in [6.07, 6.45) is 6.66. The Hall–Kier alpha value is -1.61. The third kappa shape index (κ3) is 9.90. The summed E-state index contributed by atoms with van der Waals surface area (Å²) < 4.78 is 45.8. The van der Waals surface area contributed by atoms with Crippen LogP contribution in [0.15, 0.2) is 29.2 Å². The van der Waals surface area contributed by atoms with E-state index in [1.807, 2.05) is 25.7 Å². The first-order chi connectivity index (χ1) is 15.0. The minimum atomic E-state index is -4.23. The highest BCUT2D eigenvalue weighted by Gasteiger charge is 2.30. The van der Waals surface area contributed by atoms with Gasteiger partial charge in [0.15, 0.2) is 0 Å². The van der Waals surface area contributed by atoms with Crippen molar-refractivity contribution in [3.8, 4) is 5.75 Å². The lowest BCUT2D eigenvalue weighted by Crippen LogP contribution is -2.53. The molecule has 1 amide bonds. The lowest BCUT2D eigenvalue weighted by Gasteiger charge is -2.40. The number of alkyl halides is 3. The number of hydrogen-bond acceptors (Lipinski definition) is 5. The Labute approximate surface area is 193 Å². The highest BCUT2D eigenvalue weighted by Crippen LogP contribution is 2.37. The van der Waals surface area contributed by atoms with Crippen molar-refractivity contribution in [3.05, 3.63) is 24.3 Å². The summed E-state index contributed by atoms with van der Waals surface area (Å²) in [5, 5.41) is 0. The number of halogens is 3. The number of piperazine rings is 1. The zero-order valence-electron chi connectivity index (χ0n) is 19.4. The van der Waals surface area contributed by atoms with Gasteiger partial charge in [-0.2, -0.15) is 13.2 Å². The molecule has 0 radical (unpaired) electrons. The van der Waals surface area contributed by atoms with Gasteiger partial charge in [-0.3, -0.25) is 4.90 Å². The average Bonchev–Trinajstić information content (AvgIpc) is 2.73. The van der Waals surface area contributed by atoms with E-state index in [0.29, 0.717) is 5.75 Å². The third-order valence-corrected chi connectivity index (χ3v) is 6.09. The number of rotatable bonds is 3. The molecule has 32 heavy (non-hydrogen) atoms. The highest BCUT2D eigenvalue weighted by atomic mass is 32.2. The lowest BCUT2D eigenvalue weighted by molar-refractivity contribution is -0.0328. The Bertz CT molecular complexity index is 694. The molecule has 1 aliphatic carbocycles. The van der Waals surface area contributed by atoms with Gasteiger partial charge in [0, 0.05) is 37.1 Å². The standard InChI is InChI=1S/C15H28N2O2.C8H7F3OS/c1-15(2,3)19-14(18)17-11-9-16(10-12-17)13-7-5-4-6-8-13;1-12-6-2-4-7(5-3-6)13-8(9,10)11/h13H,4-12H2,1-3H3;2-5H,1H3. The molecule has 0 spiro atoms. The summed E-state index contributed by atoms with van der Waals surface area (Å²) in [4.78, 5) is 16.6. The second-order valence-corrected chi connectivity index (χ2v) is 10.2. The van der Waals surface area contributed by atoms with Crippen LogP contribution < -0.4 is 4.74 Å².